The van der Waals surface area contributed by atoms with E-state index in [4.69, 9.17) is 19.6 Å². The maximum absolute atomic E-state index is 14.7. The molecule has 9 rings (SSSR count). The Hall–Kier alpha value is -4.10. The van der Waals surface area contributed by atoms with Crippen molar-refractivity contribution in [3.63, 3.8) is 0 Å². The van der Waals surface area contributed by atoms with Gasteiger partial charge in [0.15, 0.2) is 11.2 Å². The third-order valence-electron chi connectivity index (χ3n) is 17.1. The first-order valence-corrected chi connectivity index (χ1v) is 27.2. The van der Waals surface area contributed by atoms with Gasteiger partial charge in [0.25, 0.3) is 0 Å². The van der Waals surface area contributed by atoms with Gasteiger partial charge in [-0.25, -0.2) is 9.59 Å². The minimum atomic E-state index is -1.59. The molecule has 15 nitrogen and oxygen atoms in total. The quantitative estimate of drug-likeness (QED) is 0.0370. The van der Waals surface area contributed by atoms with Crippen LogP contribution in [0.25, 0.3) is 11.0 Å². The molecular formula is C52H68N4O11S2. The third kappa shape index (κ3) is 8.48. The zero-order chi connectivity index (χ0) is 48.8. The van der Waals surface area contributed by atoms with Gasteiger partial charge in [0.05, 0.1) is 30.8 Å². The molecule has 3 fully saturated rings. The van der Waals surface area contributed by atoms with Crippen LogP contribution in [0.4, 0.5) is 0 Å². The van der Waals surface area contributed by atoms with Gasteiger partial charge in [0.1, 0.15) is 17.6 Å². The van der Waals surface area contributed by atoms with Gasteiger partial charge in [-0.05, 0) is 93.8 Å². The fourth-order valence-electron chi connectivity index (χ4n) is 13.5. The Morgan fingerprint density at radius 2 is 1.93 bits per heavy atom. The molecule has 69 heavy (non-hydrogen) atoms. The number of hydrogen-bond donors (Lipinski definition) is 7. The molecule has 7 aliphatic rings. The largest absolute Gasteiger partial charge is 0.481 e. The zero-order valence-electron chi connectivity index (χ0n) is 39.9. The number of allylic oxidation sites excluding steroid dienone is 2. The van der Waals surface area contributed by atoms with Gasteiger partial charge in [0.2, 0.25) is 5.91 Å². The Kier molecular flexibility index (Phi) is 14.6. The van der Waals surface area contributed by atoms with E-state index in [0.717, 1.165) is 47.8 Å². The Labute approximate surface area is 411 Å². The number of benzene rings is 1. The summed E-state index contributed by atoms with van der Waals surface area (Å²) in [6.07, 6.45) is 12.7. The summed E-state index contributed by atoms with van der Waals surface area (Å²) in [5.41, 5.74) is 6.77. The first-order valence-electron chi connectivity index (χ1n) is 24.8. The van der Waals surface area contributed by atoms with Gasteiger partial charge in [-0.1, -0.05) is 58.6 Å². The molecule has 17 heteroatoms. The molecule has 2 saturated carbocycles. The van der Waals surface area contributed by atoms with E-state index in [1.807, 2.05) is 36.2 Å². The van der Waals surface area contributed by atoms with E-state index in [0.29, 0.717) is 72.5 Å². The van der Waals surface area contributed by atoms with Gasteiger partial charge in [-0.2, -0.15) is 0 Å². The molecule has 2 aromatic rings. The van der Waals surface area contributed by atoms with E-state index in [9.17, 15) is 39.6 Å². The number of nitrogens with zero attached hydrogens (tertiary/aromatic N) is 1. The highest BCUT2D eigenvalue weighted by Gasteiger charge is 2.67. The highest BCUT2D eigenvalue weighted by atomic mass is 33.1. The molecule has 1 aromatic heterocycles. The zero-order valence-corrected chi connectivity index (χ0v) is 41.5. The molecule has 374 valence electrons. The predicted octanol–water partition coefficient (Wildman–Crippen LogP) is 4.33. The number of ether oxygens (including phenoxy) is 2. The number of dihydropyridines is 1. The van der Waals surface area contributed by atoms with Gasteiger partial charge in [-0.15, -0.1) is 0 Å². The van der Waals surface area contributed by atoms with Crippen molar-refractivity contribution < 1.29 is 48.7 Å². The van der Waals surface area contributed by atoms with Crippen LogP contribution >= 0.6 is 21.6 Å². The van der Waals surface area contributed by atoms with E-state index in [1.54, 1.807) is 47.6 Å². The van der Waals surface area contributed by atoms with E-state index in [2.05, 4.69) is 10.6 Å². The molecule has 5 heterocycles. The number of carbonyl (C=O) groups excluding carboxylic acids is 3. The summed E-state index contributed by atoms with van der Waals surface area (Å²) in [4.78, 5) is 57.9. The van der Waals surface area contributed by atoms with Crippen molar-refractivity contribution in [3.8, 4) is 5.75 Å². The Morgan fingerprint density at radius 3 is 2.62 bits per heavy atom. The summed E-state index contributed by atoms with van der Waals surface area (Å²) in [7, 11) is 5.21. The smallest absolute Gasteiger partial charge is 0.340 e. The summed E-state index contributed by atoms with van der Waals surface area (Å²) >= 11 is 0. The molecule has 0 unspecified atom stereocenters. The molecule has 1 saturated heterocycles. The molecule has 4 aliphatic heterocycles. The Balaban J connectivity index is 1.21. The molecular weight excluding hydrogens is 921 g/mol. The maximum Gasteiger partial charge on any atom is 0.340 e. The van der Waals surface area contributed by atoms with E-state index in [1.165, 1.54) is 0 Å². The Bertz CT molecular complexity index is 2520. The summed E-state index contributed by atoms with van der Waals surface area (Å²) < 4.78 is 20.5. The SMILES string of the molecule is C/C=C(\CCO)C(=O)O[C@]1(C)[C@@H](CO)C=C2CSS[C@@H]3C[C@H](C=O)[C@H](NC)[C@H]4CN(C(=O)CC5=C(C=C(N)NC5)[C@H]2[C@]12Cc1cc5cc(C6([C@H](CO)CCCO)CCCCC6)c(=O)oc5cc1O2)[C@H]43. The van der Waals surface area contributed by atoms with Crippen molar-refractivity contribution in [1.29, 1.82) is 0 Å². The molecule has 1 amide bonds. The van der Waals surface area contributed by atoms with Crippen LogP contribution in [0.3, 0.4) is 0 Å². The maximum atomic E-state index is 14.7. The van der Waals surface area contributed by atoms with Gasteiger partial charge < -0.3 is 60.4 Å². The molecule has 3 aliphatic carbocycles. The summed E-state index contributed by atoms with van der Waals surface area (Å²) in [6, 6.07) is 5.52. The van der Waals surface area contributed by atoms with Crippen LogP contribution in [0, 0.1) is 29.6 Å². The van der Waals surface area contributed by atoms with Crippen LogP contribution < -0.4 is 26.7 Å². The van der Waals surface area contributed by atoms with Crippen molar-refractivity contribution in [3.05, 3.63) is 86.1 Å². The monoisotopic (exact) mass is 988 g/mol. The van der Waals surface area contributed by atoms with Gasteiger partial charge >= 0.3 is 11.6 Å². The van der Waals surface area contributed by atoms with Gasteiger partial charge in [0, 0.05) is 109 Å². The van der Waals surface area contributed by atoms with Crippen LogP contribution in [-0.2, 0) is 31.0 Å². The topological polar surface area (TPSA) is 234 Å². The van der Waals surface area contributed by atoms with Crippen LogP contribution in [0.15, 0.2) is 73.8 Å². The normalized spacial score (nSPS) is 32.4. The number of nitrogens with two attached hydrogens (primary N) is 1. The van der Waals surface area contributed by atoms with Crippen molar-refractivity contribution in [1.82, 2.24) is 15.5 Å². The second-order valence-electron chi connectivity index (χ2n) is 20.5. The fourth-order valence-corrected chi connectivity index (χ4v) is 16.6. The number of aliphatic hydroxyl groups excluding tert-OH is 4. The van der Waals surface area contributed by atoms with Crippen molar-refractivity contribution >= 4 is 50.7 Å². The second-order valence-corrected chi connectivity index (χ2v) is 23.1. The van der Waals surface area contributed by atoms with Crippen LogP contribution in [0.5, 0.6) is 5.75 Å². The number of hydrogen-bond acceptors (Lipinski definition) is 16. The lowest BCUT2D eigenvalue weighted by atomic mass is 9.57. The lowest BCUT2D eigenvalue weighted by molar-refractivity contribution is -0.202. The number of nitrogens with one attached hydrogen (secondary N) is 2. The standard InChI is InChI=1S/C52H68N4O11S2/c1-4-29(10-14-58)48(63)67-50(2)36(27-61)16-34-28-68-69-42-18-33(25-59)46(54-3)38-24-56(47(38)42)44(62)19-32-23-55-43(53)20-37(32)45(34)52(50)22-31-15-30-17-39(49(64)65-40(30)21-41(31)66-52)51(11-6-5-7-12-51)35(26-60)9-8-13-57/h4,15-17,20-21,25,33,35-36,38,42,45-47,54-55,57-58,60-61H,5-14,18-19,22-24,26-28,53H2,1-3H3/b29-4+/t33-,35+,36-,38-,42-,45+,46+,47-,50-,52-/m1/s1. The average Bonchev–Trinajstić information content (AvgIpc) is 3.70. The second kappa shape index (κ2) is 20.2. The van der Waals surface area contributed by atoms with E-state index < -0.39 is 46.7 Å². The van der Waals surface area contributed by atoms with Gasteiger partial charge in [-0.3, -0.25) is 4.79 Å². The third-order valence-corrected chi connectivity index (χ3v) is 19.9. The number of esters is 1. The lowest BCUT2D eigenvalue weighted by Gasteiger charge is -2.59. The summed E-state index contributed by atoms with van der Waals surface area (Å²) in [6.45, 7) is 3.49. The summed E-state index contributed by atoms with van der Waals surface area (Å²) in [5, 5.41) is 49.4. The number of rotatable bonds is 13. The molecule has 8 N–H and O–H groups in total. The predicted molar refractivity (Wildman–Crippen MR) is 265 cm³/mol. The number of carbonyl (C=O) groups is 3. The van der Waals surface area contributed by atoms with Crippen LogP contribution in [0.2, 0.25) is 0 Å². The Morgan fingerprint density at radius 1 is 1.13 bits per heavy atom. The first-order chi connectivity index (χ1) is 33.3. The molecule has 0 radical (unpaired) electrons. The number of aldehydes is 1. The average molecular weight is 989 g/mol. The first kappa shape index (κ1) is 49.9. The van der Waals surface area contributed by atoms with Crippen LogP contribution in [-0.4, -0.2) is 124 Å². The molecule has 1 spiro atoms. The molecule has 1 aromatic carbocycles. The number of amides is 1. The van der Waals surface area contributed by atoms with Crippen molar-refractivity contribution in [2.75, 3.05) is 52.3 Å². The number of aliphatic hydroxyl groups is 4. The van der Waals surface area contributed by atoms with Crippen LogP contribution in [0.1, 0.15) is 89.2 Å². The fraction of sp³-hybridized carbons (Fsp3) is 0.615. The summed E-state index contributed by atoms with van der Waals surface area (Å²) in [5.74, 6) is -1.23. The molecule has 10 atom stereocenters. The molecule has 0 bridgehead atoms. The lowest BCUT2D eigenvalue weighted by Crippen LogP contribution is -2.71. The van der Waals surface area contributed by atoms with Crippen molar-refractivity contribution in [2.24, 2.45) is 35.3 Å². The number of fused-ring (bicyclic) bond motifs is 5. The highest BCUT2D eigenvalue weighted by molar-refractivity contribution is 8.77. The van der Waals surface area contributed by atoms with Crippen molar-refractivity contribution in [2.45, 2.75) is 118 Å². The highest BCUT2D eigenvalue weighted by Crippen LogP contribution is 2.60. The van der Waals surface area contributed by atoms with E-state index >= 15 is 0 Å². The minimum Gasteiger partial charge on any atom is -0.481 e. The minimum absolute atomic E-state index is 0.0123. The van der Waals surface area contributed by atoms with E-state index in [-0.39, 0.29) is 92.2 Å².